The standard InChI is InChI=1S/C21H29FN2O2/c1-14(2)19(23-20(25)16-7-9-18(22)10-8-16)21(26)24-12-11-15-5-3-4-6-17(15)13-24/h7-10,14-15,17,19H,3-6,11-13H2,1-2H3,(H,23,25)/t15-,17+,19+/m1/s1. The van der Waals surface area contributed by atoms with Crippen molar-refractivity contribution in [3.05, 3.63) is 35.6 Å². The first-order valence-corrected chi connectivity index (χ1v) is 9.81. The summed E-state index contributed by atoms with van der Waals surface area (Å²) in [6, 6.07) is 4.86. The fourth-order valence-corrected chi connectivity index (χ4v) is 4.34. The van der Waals surface area contributed by atoms with E-state index >= 15 is 0 Å². The van der Waals surface area contributed by atoms with Crippen molar-refractivity contribution in [2.24, 2.45) is 17.8 Å². The molecule has 3 atom stereocenters. The number of piperidine rings is 1. The van der Waals surface area contributed by atoms with Gasteiger partial charge in [0.05, 0.1) is 0 Å². The van der Waals surface area contributed by atoms with Crippen LogP contribution in [0.5, 0.6) is 0 Å². The highest BCUT2D eigenvalue weighted by atomic mass is 19.1. The van der Waals surface area contributed by atoms with Gasteiger partial charge in [-0.15, -0.1) is 0 Å². The summed E-state index contributed by atoms with van der Waals surface area (Å²) in [6.07, 6.45) is 6.16. The normalized spacial score (nSPS) is 24.1. The lowest BCUT2D eigenvalue weighted by atomic mass is 9.75. The van der Waals surface area contributed by atoms with Crippen molar-refractivity contribution in [2.45, 2.75) is 52.0 Å². The monoisotopic (exact) mass is 360 g/mol. The molecule has 1 aliphatic carbocycles. The van der Waals surface area contributed by atoms with E-state index in [1.807, 2.05) is 18.7 Å². The molecule has 0 unspecified atom stereocenters. The van der Waals surface area contributed by atoms with Crippen molar-refractivity contribution in [3.8, 4) is 0 Å². The molecule has 2 amide bonds. The molecule has 1 saturated carbocycles. The molecule has 0 bridgehead atoms. The van der Waals surface area contributed by atoms with Crippen LogP contribution in [0.4, 0.5) is 4.39 Å². The Morgan fingerprint density at radius 1 is 1.08 bits per heavy atom. The summed E-state index contributed by atoms with van der Waals surface area (Å²) in [5, 5.41) is 2.87. The lowest BCUT2D eigenvalue weighted by Crippen LogP contribution is -2.54. The molecule has 2 aliphatic rings. The van der Waals surface area contributed by atoms with Crippen molar-refractivity contribution in [2.75, 3.05) is 13.1 Å². The molecule has 0 aromatic heterocycles. The summed E-state index contributed by atoms with van der Waals surface area (Å²) >= 11 is 0. The SMILES string of the molecule is CC(C)[C@H](NC(=O)c1ccc(F)cc1)C(=O)N1CC[C@H]2CCCC[C@H]2C1. The molecule has 1 saturated heterocycles. The van der Waals surface area contributed by atoms with Crippen LogP contribution in [-0.2, 0) is 4.79 Å². The van der Waals surface area contributed by atoms with Crippen LogP contribution in [0.3, 0.4) is 0 Å². The largest absolute Gasteiger partial charge is 0.341 e. The number of benzene rings is 1. The van der Waals surface area contributed by atoms with Gasteiger partial charge in [0.15, 0.2) is 0 Å². The van der Waals surface area contributed by atoms with Crippen molar-refractivity contribution < 1.29 is 14.0 Å². The van der Waals surface area contributed by atoms with E-state index in [1.54, 1.807) is 0 Å². The van der Waals surface area contributed by atoms with E-state index in [2.05, 4.69) is 5.32 Å². The quantitative estimate of drug-likeness (QED) is 0.892. The van der Waals surface area contributed by atoms with E-state index in [9.17, 15) is 14.0 Å². The summed E-state index contributed by atoms with van der Waals surface area (Å²) in [7, 11) is 0. The van der Waals surface area contributed by atoms with Crippen molar-refractivity contribution in [1.29, 1.82) is 0 Å². The zero-order chi connectivity index (χ0) is 18.7. The maximum Gasteiger partial charge on any atom is 0.251 e. The number of nitrogens with zero attached hydrogens (tertiary/aromatic N) is 1. The van der Waals surface area contributed by atoms with Crippen LogP contribution in [0.15, 0.2) is 24.3 Å². The Bertz CT molecular complexity index is 644. The summed E-state index contributed by atoms with van der Waals surface area (Å²) in [6.45, 7) is 5.50. The molecule has 0 radical (unpaired) electrons. The van der Waals surface area contributed by atoms with E-state index in [-0.39, 0.29) is 23.5 Å². The van der Waals surface area contributed by atoms with E-state index < -0.39 is 6.04 Å². The predicted octanol–water partition coefficient (Wildman–Crippen LogP) is 3.62. The summed E-state index contributed by atoms with van der Waals surface area (Å²) in [5.41, 5.74) is 0.371. The molecular weight excluding hydrogens is 331 g/mol. The fourth-order valence-electron chi connectivity index (χ4n) is 4.34. The summed E-state index contributed by atoms with van der Waals surface area (Å²) < 4.78 is 13.1. The summed E-state index contributed by atoms with van der Waals surface area (Å²) in [4.78, 5) is 27.5. The smallest absolute Gasteiger partial charge is 0.251 e. The first kappa shape index (κ1) is 18.9. The molecular formula is C21H29FN2O2. The van der Waals surface area contributed by atoms with Crippen molar-refractivity contribution in [3.63, 3.8) is 0 Å². The van der Waals surface area contributed by atoms with Crippen LogP contribution in [0.2, 0.25) is 0 Å². The molecule has 5 heteroatoms. The van der Waals surface area contributed by atoms with Gasteiger partial charge in [0.1, 0.15) is 11.9 Å². The molecule has 0 spiro atoms. The maximum atomic E-state index is 13.1. The second-order valence-electron chi connectivity index (χ2n) is 8.08. The first-order valence-electron chi connectivity index (χ1n) is 9.81. The number of halogens is 1. The Labute approximate surface area is 155 Å². The molecule has 1 aliphatic heterocycles. The van der Waals surface area contributed by atoms with Gasteiger partial charge in [-0.05, 0) is 54.9 Å². The van der Waals surface area contributed by atoms with Crippen molar-refractivity contribution in [1.82, 2.24) is 10.2 Å². The second-order valence-corrected chi connectivity index (χ2v) is 8.08. The third-order valence-electron chi connectivity index (χ3n) is 5.93. The van der Waals surface area contributed by atoms with Crippen LogP contribution in [0.1, 0.15) is 56.3 Å². The zero-order valence-corrected chi connectivity index (χ0v) is 15.7. The minimum atomic E-state index is -0.548. The molecule has 142 valence electrons. The molecule has 1 aromatic rings. The summed E-state index contributed by atoms with van der Waals surface area (Å²) in [5.74, 6) is 0.676. The number of nitrogens with one attached hydrogen (secondary N) is 1. The number of hydrogen-bond acceptors (Lipinski definition) is 2. The van der Waals surface area contributed by atoms with Gasteiger partial charge in [0.25, 0.3) is 5.91 Å². The van der Waals surface area contributed by atoms with Gasteiger partial charge < -0.3 is 10.2 Å². The van der Waals surface area contributed by atoms with Gasteiger partial charge in [0, 0.05) is 18.7 Å². The maximum absolute atomic E-state index is 13.1. The highest BCUT2D eigenvalue weighted by Crippen LogP contribution is 2.36. The Hall–Kier alpha value is -1.91. The van der Waals surface area contributed by atoms with E-state index in [0.717, 1.165) is 25.4 Å². The number of amides is 2. The zero-order valence-electron chi connectivity index (χ0n) is 15.7. The highest BCUT2D eigenvalue weighted by Gasteiger charge is 2.36. The van der Waals surface area contributed by atoms with Gasteiger partial charge in [0.2, 0.25) is 5.91 Å². The van der Waals surface area contributed by atoms with Gasteiger partial charge >= 0.3 is 0 Å². The Kier molecular flexibility index (Phi) is 5.94. The predicted molar refractivity (Wildman–Crippen MR) is 99.1 cm³/mol. The third kappa shape index (κ3) is 4.25. The molecule has 2 fully saturated rings. The van der Waals surface area contributed by atoms with Crippen LogP contribution in [-0.4, -0.2) is 35.8 Å². The molecule has 4 nitrogen and oxygen atoms in total. The topological polar surface area (TPSA) is 49.4 Å². The lowest BCUT2D eigenvalue weighted by Gasteiger charge is -2.42. The molecule has 1 aromatic carbocycles. The molecule has 1 N–H and O–H groups in total. The third-order valence-corrected chi connectivity index (χ3v) is 5.93. The van der Waals surface area contributed by atoms with Gasteiger partial charge in [-0.1, -0.05) is 33.1 Å². The molecule has 26 heavy (non-hydrogen) atoms. The van der Waals surface area contributed by atoms with Gasteiger partial charge in [-0.25, -0.2) is 4.39 Å². The number of carbonyl (C=O) groups is 2. The number of carbonyl (C=O) groups excluding carboxylic acids is 2. The number of rotatable bonds is 4. The number of likely N-dealkylation sites (tertiary alicyclic amines) is 1. The fraction of sp³-hybridized carbons (Fsp3) is 0.619. The average Bonchev–Trinajstić information content (AvgIpc) is 2.65. The highest BCUT2D eigenvalue weighted by molar-refractivity contribution is 5.97. The Morgan fingerprint density at radius 2 is 1.73 bits per heavy atom. The van der Waals surface area contributed by atoms with Crippen molar-refractivity contribution >= 4 is 11.8 Å². The second kappa shape index (κ2) is 8.19. The number of fused-ring (bicyclic) bond motifs is 1. The van der Waals surface area contributed by atoms with Gasteiger partial charge in [-0.2, -0.15) is 0 Å². The van der Waals surface area contributed by atoms with Crippen LogP contribution >= 0.6 is 0 Å². The van der Waals surface area contributed by atoms with Crippen LogP contribution in [0, 0.1) is 23.6 Å². The first-order chi connectivity index (χ1) is 12.5. The van der Waals surface area contributed by atoms with Gasteiger partial charge in [-0.3, -0.25) is 9.59 Å². The average molecular weight is 360 g/mol. The lowest BCUT2D eigenvalue weighted by molar-refractivity contribution is -0.137. The minimum absolute atomic E-state index is 0.00372. The molecule has 3 rings (SSSR count). The Balaban J connectivity index is 1.66. The van der Waals surface area contributed by atoms with E-state index in [4.69, 9.17) is 0 Å². The molecule has 1 heterocycles. The van der Waals surface area contributed by atoms with Crippen LogP contribution in [0.25, 0.3) is 0 Å². The van der Waals surface area contributed by atoms with E-state index in [0.29, 0.717) is 11.5 Å². The number of hydrogen-bond donors (Lipinski definition) is 1. The van der Waals surface area contributed by atoms with Crippen LogP contribution < -0.4 is 5.32 Å². The Morgan fingerprint density at radius 3 is 2.38 bits per heavy atom. The van der Waals surface area contributed by atoms with E-state index in [1.165, 1.54) is 49.9 Å². The minimum Gasteiger partial charge on any atom is -0.341 e.